The number of nitrogens with one attached hydrogen (secondary N) is 1. The number of hydrogen-bond donors (Lipinski definition) is 2. The number of fused-ring (bicyclic) bond motifs is 3. The third-order valence-electron chi connectivity index (χ3n) is 10.3. The summed E-state index contributed by atoms with van der Waals surface area (Å²) in [5, 5.41) is 3.59. The van der Waals surface area contributed by atoms with Crippen molar-refractivity contribution in [1.82, 2.24) is 15.1 Å². The molecule has 34 heavy (non-hydrogen) atoms. The Balaban J connectivity index is 1.25. The molecule has 3 heterocycles. The van der Waals surface area contributed by atoms with Gasteiger partial charge in [0, 0.05) is 30.3 Å². The Morgan fingerprint density at radius 1 is 1.15 bits per heavy atom. The Hall–Kier alpha value is -1.02. The van der Waals surface area contributed by atoms with Crippen LogP contribution in [0, 0.1) is 17.8 Å². The van der Waals surface area contributed by atoms with E-state index in [1.807, 2.05) is 0 Å². The van der Waals surface area contributed by atoms with Gasteiger partial charge in [0.15, 0.2) is 5.78 Å². The van der Waals surface area contributed by atoms with E-state index in [0.29, 0.717) is 17.7 Å². The molecule has 10 atom stereocenters. The van der Waals surface area contributed by atoms with E-state index in [0.717, 1.165) is 44.2 Å². The number of rotatable bonds is 5. The van der Waals surface area contributed by atoms with E-state index in [-0.39, 0.29) is 49.0 Å². The van der Waals surface area contributed by atoms with Crippen LogP contribution in [-0.4, -0.2) is 84.8 Å². The summed E-state index contributed by atoms with van der Waals surface area (Å²) in [5.74, 6) is 1.21. The standard InChI is InChI=1S/C27H43FN4O2/c1-31-10-4-7-19(31)8-9-30-24-21(28)13-20-25-27(24)34-23-12-17-6-3-2-5-16(17)11-22(23)32(25)15-18(14-29)26(20)33/h15-17,19-25,27,30H,2-14,29H2,1H3. The number of likely N-dealkylation sites (tertiary alicyclic amines) is 1. The first-order valence-electron chi connectivity index (χ1n) is 14.0. The lowest BCUT2D eigenvalue weighted by molar-refractivity contribution is -0.208. The lowest BCUT2D eigenvalue weighted by Crippen LogP contribution is -2.73. The Labute approximate surface area is 203 Å². The molecule has 0 spiro atoms. The maximum absolute atomic E-state index is 15.7. The molecule has 0 bridgehead atoms. The van der Waals surface area contributed by atoms with Crippen LogP contribution in [0.15, 0.2) is 11.8 Å². The number of morpholine rings is 1. The van der Waals surface area contributed by atoms with Crippen molar-refractivity contribution < 1.29 is 13.9 Å². The Morgan fingerprint density at radius 2 is 1.94 bits per heavy atom. The van der Waals surface area contributed by atoms with E-state index >= 15 is 4.39 Å². The average molecular weight is 475 g/mol. The second-order valence-electron chi connectivity index (χ2n) is 12.0. The van der Waals surface area contributed by atoms with Crippen molar-refractivity contribution in [1.29, 1.82) is 0 Å². The predicted molar refractivity (Wildman–Crippen MR) is 130 cm³/mol. The van der Waals surface area contributed by atoms with Crippen LogP contribution in [0.3, 0.4) is 0 Å². The van der Waals surface area contributed by atoms with E-state index < -0.39 is 6.17 Å². The zero-order valence-corrected chi connectivity index (χ0v) is 20.7. The minimum absolute atomic E-state index is 0.0517. The van der Waals surface area contributed by atoms with E-state index in [1.165, 1.54) is 38.5 Å². The summed E-state index contributed by atoms with van der Waals surface area (Å²) in [6, 6.07) is 0.466. The van der Waals surface area contributed by atoms with Gasteiger partial charge in [-0.15, -0.1) is 0 Å². The lowest BCUT2D eigenvalue weighted by atomic mass is 9.65. The molecule has 0 amide bonds. The van der Waals surface area contributed by atoms with Gasteiger partial charge in [0.2, 0.25) is 0 Å². The SMILES string of the molecule is CN1CCCC1CCNC1C(F)CC2C(=O)C(CN)=CN3C4CC5CCCCC5CC4OC1C23. The molecule has 0 radical (unpaired) electrons. The second-order valence-corrected chi connectivity index (χ2v) is 12.0. The zero-order valence-electron chi connectivity index (χ0n) is 20.7. The quantitative estimate of drug-likeness (QED) is 0.638. The fourth-order valence-corrected chi connectivity index (χ4v) is 8.51. The zero-order chi connectivity index (χ0) is 23.4. The van der Waals surface area contributed by atoms with Crippen molar-refractivity contribution in [2.24, 2.45) is 23.5 Å². The fraction of sp³-hybridized carbons (Fsp3) is 0.889. The van der Waals surface area contributed by atoms with Gasteiger partial charge >= 0.3 is 0 Å². The van der Waals surface area contributed by atoms with Gasteiger partial charge in [-0.1, -0.05) is 25.7 Å². The van der Waals surface area contributed by atoms with Gasteiger partial charge in [0.05, 0.1) is 30.3 Å². The number of carbonyl (C=O) groups excluding carboxylic acids is 1. The van der Waals surface area contributed by atoms with Crippen LogP contribution < -0.4 is 11.1 Å². The maximum Gasteiger partial charge on any atom is 0.166 e. The van der Waals surface area contributed by atoms with Crippen LogP contribution in [0.5, 0.6) is 0 Å². The molecule has 3 aliphatic carbocycles. The van der Waals surface area contributed by atoms with Gasteiger partial charge in [-0.3, -0.25) is 4.79 Å². The normalized spacial score (nSPS) is 46.5. The fourth-order valence-electron chi connectivity index (χ4n) is 8.51. The van der Waals surface area contributed by atoms with E-state index in [9.17, 15) is 4.79 Å². The molecule has 3 aliphatic heterocycles. The molecule has 10 unspecified atom stereocenters. The number of alkyl halides is 1. The van der Waals surface area contributed by atoms with Crippen molar-refractivity contribution >= 4 is 5.78 Å². The summed E-state index contributed by atoms with van der Waals surface area (Å²) in [7, 11) is 2.19. The van der Waals surface area contributed by atoms with Gasteiger partial charge in [-0.25, -0.2) is 4.39 Å². The summed E-state index contributed by atoms with van der Waals surface area (Å²) in [4.78, 5) is 18.1. The summed E-state index contributed by atoms with van der Waals surface area (Å²) in [5.41, 5.74) is 6.68. The lowest BCUT2D eigenvalue weighted by Gasteiger charge is -2.61. The second kappa shape index (κ2) is 9.45. The number of carbonyl (C=O) groups is 1. The molecule has 6 rings (SSSR count). The molecule has 2 saturated heterocycles. The average Bonchev–Trinajstić information content (AvgIpc) is 3.25. The van der Waals surface area contributed by atoms with Crippen LogP contribution in [0.1, 0.15) is 64.2 Å². The van der Waals surface area contributed by atoms with E-state index in [1.54, 1.807) is 0 Å². The number of hydrogen-bond acceptors (Lipinski definition) is 6. The van der Waals surface area contributed by atoms with Crippen LogP contribution in [-0.2, 0) is 9.53 Å². The first kappa shape index (κ1) is 23.4. The molecule has 0 aromatic heterocycles. The predicted octanol–water partition coefficient (Wildman–Crippen LogP) is 2.62. The molecule has 3 N–H and O–H groups in total. The van der Waals surface area contributed by atoms with Crippen LogP contribution in [0.25, 0.3) is 0 Å². The number of nitrogens with zero attached hydrogens (tertiary/aromatic N) is 2. The summed E-state index contributed by atoms with van der Waals surface area (Å²) in [6.45, 7) is 2.20. The minimum atomic E-state index is -1.07. The summed E-state index contributed by atoms with van der Waals surface area (Å²) >= 11 is 0. The van der Waals surface area contributed by atoms with Crippen molar-refractivity contribution in [2.45, 2.75) is 107 Å². The first-order chi connectivity index (χ1) is 16.5. The third-order valence-corrected chi connectivity index (χ3v) is 10.3. The van der Waals surface area contributed by atoms with Crippen molar-refractivity contribution in [3.8, 4) is 0 Å². The molecular weight excluding hydrogens is 431 g/mol. The molecule has 6 aliphatic rings. The first-order valence-corrected chi connectivity index (χ1v) is 14.0. The Morgan fingerprint density at radius 3 is 2.68 bits per heavy atom. The van der Waals surface area contributed by atoms with Crippen molar-refractivity contribution in [3.05, 3.63) is 11.8 Å². The highest BCUT2D eigenvalue weighted by molar-refractivity contribution is 5.99. The highest BCUT2D eigenvalue weighted by Gasteiger charge is 2.58. The molecule has 5 fully saturated rings. The number of Topliss-reactive ketones (excluding diaryl/α,β-unsaturated/α-hetero) is 1. The van der Waals surface area contributed by atoms with Crippen LogP contribution in [0.4, 0.5) is 4.39 Å². The van der Waals surface area contributed by atoms with Gasteiger partial charge in [-0.2, -0.15) is 0 Å². The third kappa shape index (κ3) is 3.95. The van der Waals surface area contributed by atoms with Crippen LogP contribution in [0.2, 0.25) is 0 Å². The topological polar surface area (TPSA) is 70.8 Å². The highest BCUT2D eigenvalue weighted by atomic mass is 19.1. The molecular formula is C27H43FN4O2. The van der Waals surface area contributed by atoms with E-state index in [4.69, 9.17) is 10.5 Å². The molecule has 0 aromatic rings. The summed E-state index contributed by atoms with van der Waals surface area (Å²) in [6.07, 6.45) is 12.1. The van der Waals surface area contributed by atoms with E-state index in [2.05, 4.69) is 28.4 Å². The van der Waals surface area contributed by atoms with Gasteiger partial charge in [0.1, 0.15) is 6.17 Å². The Bertz CT molecular complexity index is 807. The molecule has 7 heteroatoms. The number of nitrogens with two attached hydrogens (primary N) is 1. The minimum Gasteiger partial charge on any atom is -0.369 e. The van der Waals surface area contributed by atoms with Gasteiger partial charge < -0.3 is 25.6 Å². The monoisotopic (exact) mass is 474 g/mol. The molecule has 0 aromatic carbocycles. The van der Waals surface area contributed by atoms with Crippen molar-refractivity contribution in [3.63, 3.8) is 0 Å². The van der Waals surface area contributed by atoms with Crippen LogP contribution >= 0.6 is 0 Å². The Kier molecular flexibility index (Phi) is 6.50. The number of ketones is 1. The molecule has 190 valence electrons. The van der Waals surface area contributed by atoms with Gasteiger partial charge in [0.25, 0.3) is 0 Å². The maximum atomic E-state index is 15.7. The largest absolute Gasteiger partial charge is 0.369 e. The summed E-state index contributed by atoms with van der Waals surface area (Å²) < 4.78 is 22.6. The smallest absolute Gasteiger partial charge is 0.166 e. The number of ether oxygens (including phenoxy) is 1. The van der Waals surface area contributed by atoms with Crippen molar-refractivity contribution in [2.75, 3.05) is 26.7 Å². The molecule has 3 saturated carbocycles. The molecule has 6 nitrogen and oxygen atoms in total. The highest BCUT2D eigenvalue weighted by Crippen LogP contribution is 2.50. The number of halogens is 1. The van der Waals surface area contributed by atoms with Gasteiger partial charge in [-0.05, 0) is 70.5 Å².